The van der Waals surface area contributed by atoms with Crippen LogP contribution in [0.15, 0.2) is 0 Å². The van der Waals surface area contributed by atoms with Crippen LogP contribution in [0.1, 0.15) is 84.0 Å². The highest BCUT2D eigenvalue weighted by atomic mass is 32.2. The van der Waals surface area contributed by atoms with Crippen LogP contribution in [0.25, 0.3) is 0 Å². The van der Waals surface area contributed by atoms with Crippen molar-refractivity contribution < 1.29 is 0 Å². The summed E-state index contributed by atoms with van der Waals surface area (Å²) in [7, 11) is 0. The van der Waals surface area contributed by atoms with E-state index in [1.54, 1.807) is 0 Å². The normalized spacial score (nSPS) is 25.1. The lowest BCUT2D eigenvalue weighted by atomic mass is 9.95. The second kappa shape index (κ2) is 8.44. The maximum absolute atomic E-state index is 2.48. The molecule has 0 amide bonds. The second-order valence-electron chi connectivity index (χ2n) is 5.69. The molecule has 0 aliphatic heterocycles. The van der Waals surface area contributed by atoms with Crippen LogP contribution in [0.5, 0.6) is 0 Å². The predicted octanol–water partition coefficient (Wildman–Crippen LogP) is 5.80. The number of hydrogen-bond acceptors (Lipinski definition) is 1. The molecule has 0 nitrogen and oxygen atoms in total. The number of hydrogen-bond donors (Lipinski definition) is 0. The van der Waals surface area contributed by atoms with Crippen LogP contribution in [0.2, 0.25) is 0 Å². The summed E-state index contributed by atoms with van der Waals surface area (Å²) in [5.74, 6) is 0. The third kappa shape index (κ3) is 6.18. The largest absolute Gasteiger partial charge is 0.159 e. The summed E-state index contributed by atoms with van der Waals surface area (Å²) < 4.78 is 0.577. The van der Waals surface area contributed by atoms with E-state index in [1.807, 2.05) is 0 Å². The highest BCUT2D eigenvalue weighted by Gasteiger charge is 2.21. The van der Waals surface area contributed by atoms with Gasteiger partial charge in [-0.25, -0.2) is 0 Å². The Kier molecular flexibility index (Phi) is 7.60. The Bertz CT molecular complexity index is 151. The molecule has 96 valence electrons. The van der Waals surface area contributed by atoms with Gasteiger partial charge in [0.15, 0.2) is 0 Å². The smallest absolute Gasteiger partial charge is 0.0129 e. The zero-order valence-electron chi connectivity index (χ0n) is 11.4. The van der Waals surface area contributed by atoms with Gasteiger partial charge in [-0.3, -0.25) is 0 Å². The summed E-state index contributed by atoms with van der Waals surface area (Å²) in [6, 6.07) is 0. The quantitative estimate of drug-likeness (QED) is 0.559. The summed E-state index contributed by atoms with van der Waals surface area (Å²) in [6.07, 6.45) is 19.9. The molecule has 0 aromatic carbocycles. The monoisotopic (exact) mass is 242 g/mol. The van der Waals surface area contributed by atoms with Gasteiger partial charge in [0.1, 0.15) is 0 Å². The summed E-state index contributed by atoms with van der Waals surface area (Å²) in [5, 5.41) is 0. The van der Waals surface area contributed by atoms with Gasteiger partial charge in [0.25, 0.3) is 0 Å². The first-order valence-corrected chi connectivity index (χ1v) is 8.54. The standard InChI is InChI=1S/C15H30S/c1-15(16-2)13-11-9-7-5-3-4-6-8-10-12-14-15/h3-14H2,1-2H3. The van der Waals surface area contributed by atoms with Crippen molar-refractivity contribution >= 4 is 11.8 Å². The molecule has 0 bridgehead atoms. The summed E-state index contributed by atoms with van der Waals surface area (Å²) >= 11 is 2.10. The second-order valence-corrected chi connectivity index (χ2v) is 7.08. The van der Waals surface area contributed by atoms with E-state index in [1.165, 1.54) is 77.0 Å². The Morgan fingerprint density at radius 3 is 1.25 bits per heavy atom. The van der Waals surface area contributed by atoms with Gasteiger partial charge in [-0.15, -0.1) is 0 Å². The van der Waals surface area contributed by atoms with Gasteiger partial charge in [-0.05, 0) is 19.1 Å². The number of thioether (sulfide) groups is 1. The molecule has 0 saturated heterocycles. The predicted molar refractivity (Wildman–Crippen MR) is 77.3 cm³/mol. The van der Waals surface area contributed by atoms with Gasteiger partial charge >= 0.3 is 0 Å². The minimum absolute atomic E-state index is 0.577. The molecule has 1 saturated carbocycles. The first kappa shape index (κ1) is 14.4. The zero-order chi connectivity index (χ0) is 11.7. The Hall–Kier alpha value is 0.350. The van der Waals surface area contributed by atoms with E-state index >= 15 is 0 Å². The van der Waals surface area contributed by atoms with Crippen molar-refractivity contribution in [1.82, 2.24) is 0 Å². The lowest BCUT2D eigenvalue weighted by molar-refractivity contribution is 0.478. The Morgan fingerprint density at radius 1 is 0.625 bits per heavy atom. The minimum atomic E-state index is 0.577. The van der Waals surface area contributed by atoms with E-state index in [4.69, 9.17) is 0 Å². The topological polar surface area (TPSA) is 0 Å². The Labute approximate surface area is 107 Å². The molecule has 0 radical (unpaired) electrons. The zero-order valence-corrected chi connectivity index (χ0v) is 12.2. The molecule has 1 fully saturated rings. The fraction of sp³-hybridized carbons (Fsp3) is 1.00. The molecule has 1 rings (SSSR count). The Balaban J connectivity index is 2.32. The molecule has 0 N–H and O–H groups in total. The fourth-order valence-electron chi connectivity index (χ4n) is 2.74. The maximum Gasteiger partial charge on any atom is 0.0129 e. The molecule has 0 aromatic rings. The highest BCUT2D eigenvalue weighted by Crippen LogP contribution is 2.34. The third-order valence-corrected chi connectivity index (χ3v) is 5.55. The molecule has 16 heavy (non-hydrogen) atoms. The lowest BCUT2D eigenvalue weighted by Gasteiger charge is -2.27. The van der Waals surface area contributed by atoms with Crippen molar-refractivity contribution in [1.29, 1.82) is 0 Å². The van der Waals surface area contributed by atoms with Crippen molar-refractivity contribution in [2.75, 3.05) is 6.26 Å². The molecular weight excluding hydrogens is 212 g/mol. The van der Waals surface area contributed by atoms with Gasteiger partial charge in [-0.1, -0.05) is 71.1 Å². The van der Waals surface area contributed by atoms with E-state index in [0.29, 0.717) is 4.75 Å². The highest BCUT2D eigenvalue weighted by molar-refractivity contribution is 7.99. The van der Waals surface area contributed by atoms with Gasteiger partial charge in [0.05, 0.1) is 0 Å². The summed E-state index contributed by atoms with van der Waals surface area (Å²) in [5.41, 5.74) is 0. The first-order chi connectivity index (χ1) is 7.77. The van der Waals surface area contributed by atoms with Crippen LogP contribution in [0.3, 0.4) is 0 Å². The maximum atomic E-state index is 2.48. The van der Waals surface area contributed by atoms with Crippen LogP contribution in [-0.2, 0) is 0 Å². The van der Waals surface area contributed by atoms with E-state index in [9.17, 15) is 0 Å². The van der Waals surface area contributed by atoms with Gasteiger partial charge in [-0.2, -0.15) is 11.8 Å². The van der Waals surface area contributed by atoms with E-state index in [2.05, 4.69) is 24.9 Å². The Morgan fingerprint density at radius 2 is 0.938 bits per heavy atom. The van der Waals surface area contributed by atoms with Crippen molar-refractivity contribution in [2.45, 2.75) is 88.7 Å². The average molecular weight is 242 g/mol. The van der Waals surface area contributed by atoms with E-state index in [-0.39, 0.29) is 0 Å². The molecule has 0 spiro atoms. The average Bonchev–Trinajstić information content (AvgIpc) is 2.31. The van der Waals surface area contributed by atoms with E-state index < -0.39 is 0 Å². The van der Waals surface area contributed by atoms with Crippen LogP contribution >= 0.6 is 11.8 Å². The van der Waals surface area contributed by atoms with Crippen LogP contribution in [-0.4, -0.2) is 11.0 Å². The fourth-order valence-corrected chi connectivity index (χ4v) is 3.44. The van der Waals surface area contributed by atoms with Crippen LogP contribution in [0, 0.1) is 0 Å². The van der Waals surface area contributed by atoms with Crippen molar-refractivity contribution in [2.24, 2.45) is 0 Å². The molecule has 0 aromatic heterocycles. The molecule has 0 atom stereocenters. The van der Waals surface area contributed by atoms with E-state index in [0.717, 1.165) is 0 Å². The summed E-state index contributed by atoms with van der Waals surface area (Å²) in [6.45, 7) is 2.48. The van der Waals surface area contributed by atoms with Crippen LogP contribution < -0.4 is 0 Å². The molecule has 1 heteroatoms. The molecule has 1 aliphatic rings. The SMILES string of the molecule is CSC1(C)CCCCCCCCCCCC1. The van der Waals surface area contributed by atoms with Gasteiger partial charge in [0, 0.05) is 4.75 Å². The first-order valence-electron chi connectivity index (χ1n) is 7.32. The number of rotatable bonds is 1. The molecule has 0 unspecified atom stereocenters. The van der Waals surface area contributed by atoms with Gasteiger partial charge < -0.3 is 0 Å². The minimum Gasteiger partial charge on any atom is -0.159 e. The van der Waals surface area contributed by atoms with Crippen molar-refractivity contribution in [3.05, 3.63) is 0 Å². The molecule has 1 aliphatic carbocycles. The molecular formula is C15H30S. The molecule has 0 heterocycles. The van der Waals surface area contributed by atoms with Crippen LogP contribution in [0.4, 0.5) is 0 Å². The van der Waals surface area contributed by atoms with Gasteiger partial charge in [0.2, 0.25) is 0 Å². The van der Waals surface area contributed by atoms with Crippen molar-refractivity contribution in [3.8, 4) is 0 Å². The lowest BCUT2D eigenvalue weighted by Crippen LogP contribution is -2.19. The summed E-state index contributed by atoms with van der Waals surface area (Å²) in [4.78, 5) is 0. The van der Waals surface area contributed by atoms with Crippen molar-refractivity contribution in [3.63, 3.8) is 0 Å². The third-order valence-electron chi connectivity index (χ3n) is 4.15.